The number of benzene rings is 1. The van der Waals surface area contributed by atoms with Gasteiger partial charge in [-0.2, -0.15) is 4.31 Å². The Bertz CT molecular complexity index is 481. The van der Waals surface area contributed by atoms with E-state index >= 15 is 0 Å². The summed E-state index contributed by atoms with van der Waals surface area (Å²) >= 11 is -1.60. The zero-order chi connectivity index (χ0) is 14.5. The fourth-order valence-electron chi connectivity index (χ4n) is 2.23. The Kier molecular flexibility index (Phi) is 5.14. The van der Waals surface area contributed by atoms with E-state index in [4.69, 9.17) is 0 Å². The van der Waals surface area contributed by atoms with Crippen molar-refractivity contribution in [1.29, 1.82) is 0 Å². The predicted octanol–water partition coefficient (Wildman–Crippen LogP) is 2.03. The summed E-state index contributed by atoms with van der Waals surface area (Å²) in [6, 6.07) is 5.29. The highest BCUT2D eigenvalue weighted by Crippen LogP contribution is 2.31. The third-order valence-electron chi connectivity index (χ3n) is 3.32. The van der Waals surface area contributed by atoms with E-state index in [1.165, 1.54) is 23.6 Å². The topological polar surface area (TPSA) is 75.6 Å². The Labute approximate surface area is 122 Å². The van der Waals surface area contributed by atoms with Crippen LogP contribution in [-0.2, 0) is 22.8 Å². The summed E-state index contributed by atoms with van der Waals surface area (Å²) in [6.45, 7) is 2.19. The molecule has 1 aliphatic rings. The molecule has 0 aliphatic carbocycles. The van der Waals surface area contributed by atoms with Crippen LogP contribution < -0.4 is 9.03 Å². The zero-order valence-electron chi connectivity index (χ0n) is 11.6. The highest BCUT2D eigenvalue weighted by atomic mass is 32.2. The first-order valence-electron chi connectivity index (χ1n) is 6.92. The van der Waals surface area contributed by atoms with Gasteiger partial charge in [0.25, 0.3) is 5.91 Å². The van der Waals surface area contributed by atoms with E-state index < -0.39 is 11.5 Å². The first-order chi connectivity index (χ1) is 9.61. The summed E-state index contributed by atoms with van der Waals surface area (Å²) in [4.78, 5) is 11.2. The van der Waals surface area contributed by atoms with Gasteiger partial charge in [0, 0.05) is 0 Å². The minimum atomic E-state index is -1.60. The first-order valence-corrected chi connectivity index (χ1v) is 8.03. The van der Waals surface area contributed by atoms with Crippen LogP contribution >= 0.6 is 0 Å². The van der Waals surface area contributed by atoms with Gasteiger partial charge in [0.05, 0.1) is 0 Å². The number of phenolic OH excluding ortho intramolecular Hbond substituents is 1. The quantitative estimate of drug-likeness (QED) is 0.622. The van der Waals surface area contributed by atoms with E-state index in [0.29, 0.717) is 5.69 Å². The zero-order valence-corrected chi connectivity index (χ0v) is 12.4. The van der Waals surface area contributed by atoms with Crippen LogP contribution in [0.5, 0.6) is 5.75 Å². The Hall–Kier alpha value is -1.40. The van der Waals surface area contributed by atoms with Gasteiger partial charge in [-0.05, 0) is 30.5 Å². The molecule has 1 heterocycles. The maximum atomic E-state index is 11.7. The lowest BCUT2D eigenvalue weighted by Crippen LogP contribution is -2.29. The fourth-order valence-corrected chi connectivity index (χ4v) is 3.16. The number of nitrogens with one attached hydrogen (secondary N) is 1. The lowest BCUT2D eigenvalue weighted by molar-refractivity contribution is -0.117. The summed E-state index contributed by atoms with van der Waals surface area (Å²) in [5.41, 5.74) is 1.54. The number of hydrogen-bond donors (Lipinski definition) is 2. The molecule has 1 aromatic rings. The van der Waals surface area contributed by atoms with E-state index in [9.17, 15) is 14.5 Å². The van der Waals surface area contributed by atoms with E-state index in [2.05, 4.69) is 11.6 Å². The van der Waals surface area contributed by atoms with Crippen molar-refractivity contribution in [2.45, 2.75) is 39.0 Å². The number of rotatable bonds is 6. The number of hydrogen-bond acceptors (Lipinski definition) is 4. The molecular weight excluding hydrogens is 276 g/mol. The lowest BCUT2D eigenvalue weighted by Gasteiger charge is -2.17. The average Bonchev–Trinajstić information content (AvgIpc) is 2.75. The van der Waals surface area contributed by atoms with Crippen molar-refractivity contribution in [2.24, 2.45) is 0 Å². The van der Waals surface area contributed by atoms with Crippen LogP contribution in [0, 0.1) is 0 Å². The second kappa shape index (κ2) is 6.85. The van der Waals surface area contributed by atoms with Gasteiger partial charge < -0.3 is 9.66 Å². The second-order valence-electron chi connectivity index (χ2n) is 4.94. The Balaban J connectivity index is 2.07. The number of carbonyl (C=O) groups excluding carboxylic acids is 1. The van der Waals surface area contributed by atoms with Crippen LogP contribution in [0.15, 0.2) is 18.2 Å². The van der Waals surface area contributed by atoms with Crippen LogP contribution in [0.3, 0.4) is 0 Å². The van der Waals surface area contributed by atoms with Crippen molar-refractivity contribution >= 4 is 23.1 Å². The van der Waals surface area contributed by atoms with Gasteiger partial charge in [-0.25, -0.2) is 0 Å². The summed E-state index contributed by atoms with van der Waals surface area (Å²) in [5.74, 6) is -0.247. The molecule has 2 N–H and O–H groups in total. The van der Waals surface area contributed by atoms with Gasteiger partial charge in [0.1, 0.15) is 11.4 Å². The molecule has 1 aromatic carbocycles. The average molecular weight is 296 g/mol. The van der Waals surface area contributed by atoms with Gasteiger partial charge in [-0.15, -0.1) is 4.72 Å². The molecule has 0 bridgehead atoms. The van der Waals surface area contributed by atoms with Crippen molar-refractivity contribution in [3.63, 3.8) is 0 Å². The summed E-state index contributed by atoms with van der Waals surface area (Å²) in [6.07, 6.45) is 5.62. The standard InChI is InChI=1S/C14H20N2O3S/c1-2-3-4-5-6-11-7-8-13(17)12(9-11)16-10-14(18)15-20(16)19/h7-9,17H,2-6,10H2,1H3,(H,15,18). The molecule has 0 spiro atoms. The number of carbonyl (C=O) groups is 1. The maximum absolute atomic E-state index is 11.7. The number of amides is 1. The summed E-state index contributed by atoms with van der Waals surface area (Å²) < 4.78 is 15.4. The molecular formula is C14H20N2O3S. The Morgan fingerprint density at radius 2 is 2.20 bits per heavy atom. The predicted molar refractivity (Wildman–Crippen MR) is 79.6 cm³/mol. The van der Waals surface area contributed by atoms with E-state index in [0.717, 1.165) is 18.4 Å². The number of anilines is 1. The smallest absolute Gasteiger partial charge is 0.287 e. The molecule has 0 aromatic heterocycles. The van der Waals surface area contributed by atoms with Gasteiger partial charge in [0.2, 0.25) is 0 Å². The molecule has 1 atom stereocenters. The fraction of sp³-hybridized carbons (Fsp3) is 0.500. The minimum absolute atomic E-state index is 0.0134. The number of nitrogens with zero attached hydrogens (tertiary/aromatic N) is 1. The lowest BCUT2D eigenvalue weighted by atomic mass is 10.1. The van der Waals surface area contributed by atoms with Crippen LogP contribution in [0.25, 0.3) is 0 Å². The summed E-state index contributed by atoms with van der Waals surface area (Å²) in [7, 11) is 0. The molecule has 1 unspecified atom stereocenters. The number of phenols is 1. The minimum Gasteiger partial charge on any atom is -0.568 e. The van der Waals surface area contributed by atoms with Crippen LogP contribution in [0.1, 0.15) is 38.2 Å². The van der Waals surface area contributed by atoms with Gasteiger partial charge in [-0.3, -0.25) is 4.79 Å². The number of aryl methyl sites for hydroxylation is 1. The van der Waals surface area contributed by atoms with Crippen LogP contribution in [0.2, 0.25) is 0 Å². The van der Waals surface area contributed by atoms with E-state index in [1.54, 1.807) is 6.07 Å². The van der Waals surface area contributed by atoms with E-state index in [1.807, 2.05) is 12.1 Å². The van der Waals surface area contributed by atoms with Gasteiger partial charge >= 0.3 is 0 Å². The third-order valence-corrected chi connectivity index (χ3v) is 4.44. The van der Waals surface area contributed by atoms with Crippen LogP contribution in [0.4, 0.5) is 5.69 Å². The van der Waals surface area contributed by atoms with Crippen LogP contribution in [-0.4, -0.2) is 22.1 Å². The second-order valence-corrected chi connectivity index (χ2v) is 6.09. The number of unbranched alkanes of at least 4 members (excludes halogenated alkanes) is 3. The molecule has 1 saturated heterocycles. The highest BCUT2D eigenvalue weighted by molar-refractivity contribution is 7.92. The third kappa shape index (κ3) is 3.58. The van der Waals surface area contributed by atoms with Crippen molar-refractivity contribution in [2.75, 3.05) is 10.8 Å². The summed E-state index contributed by atoms with van der Waals surface area (Å²) in [5, 5.41) is 9.89. The Morgan fingerprint density at radius 1 is 1.40 bits per heavy atom. The Morgan fingerprint density at radius 3 is 2.85 bits per heavy atom. The first kappa shape index (κ1) is 15.0. The SMILES string of the molecule is CCCCCCc1ccc(O)c(N2CC(=O)N[S+]2[O-])c1. The molecule has 0 radical (unpaired) electrons. The van der Waals surface area contributed by atoms with Crippen molar-refractivity contribution in [1.82, 2.24) is 4.72 Å². The monoisotopic (exact) mass is 296 g/mol. The maximum Gasteiger partial charge on any atom is 0.287 e. The van der Waals surface area contributed by atoms with Crippen molar-refractivity contribution in [3.8, 4) is 5.75 Å². The normalized spacial score (nSPS) is 18.4. The number of aromatic hydroxyl groups is 1. The molecule has 5 nitrogen and oxygen atoms in total. The van der Waals surface area contributed by atoms with Gasteiger partial charge in [-0.1, -0.05) is 32.3 Å². The van der Waals surface area contributed by atoms with Crippen molar-refractivity contribution < 1.29 is 14.5 Å². The molecule has 2 rings (SSSR count). The molecule has 1 aliphatic heterocycles. The van der Waals surface area contributed by atoms with E-state index in [-0.39, 0.29) is 18.2 Å². The van der Waals surface area contributed by atoms with Crippen molar-refractivity contribution in [3.05, 3.63) is 23.8 Å². The molecule has 1 amide bonds. The highest BCUT2D eigenvalue weighted by Gasteiger charge is 2.35. The molecule has 1 fully saturated rings. The molecule has 0 saturated carbocycles. The molecule has 6 heteroatoms. The van der Waals surface area contributed by atoms with Gasteiger partial charge in [0.15, 0.2) is 18.1 Å². The molecule has 110 valence electrons. The molecule has 20 heavy (non-hydrogen) atoms. The largest absolute Gasteiger partial charge is 0.568 e.